The summed E-state index contributed by atoms with van der Waals surface area (Å²) in [5.41, 5.74) is 1.44. The van der Waals surface area contributed by atoms with Gasteiger partial charge in [-0.3, -0.25) is 9.36 Å². The average molecular weight is 554 g/mol. The number of aromatic nitrogens is 4. The van der Waals surface area contributed by atoms with Gasteiger partial charge in [0, 0.05) is 38.3 Å². The largest absolute Gasteiger partial charge is 0.378 e. The molecule has 0 saturated carbocycles. The van der Waals surface area contributed by atoms with Gasteiger partial charge in [-0.25, -0.2) is 13.8 Å². The van der Waals surface area contributed by atoms with E-state index in [4.69, 9.17) is 21.3 Å². The van der Waals surface area contributed by atoms with Gasteiger partial charge in [-0.05, 0) is 30.7 Å². The number of morpholine rings is 1. The Bertz CT molecular complexity index is 1510. The van der Waals surface area contributed by atoms with Gasteiger partial charge >= 0.3 is 0 Å². The molecule has 6 rings (SSSR count). The van der Waals surface area contributed by atoms with E-state index in [2.05, 4.69) is 15.3 Å². The summed E-state index contributed by atoms with van der Waals surface area (Å²) in [6.45, 7) is 3.29. The maximum absolute atomic E-state index is 14.1. The highest BCUT2D eigenvalue weighted by atomic mass is 35.5. The molecule has 4 aromatic rings. The summed E-state index contributed by atoms with van der Waals surface area (Å²) >= 11 is 6.24. The number of carbonyl (C=O) groups is 1. The lowest BCUT2D eigenvalue weighted by Crippen LogP contribution is -2.37. The van der Waals surface area contributed by atoms with E-state index in [0.29, 0.717) is 85.0 Å². The second-order valence-electron chi connectivity index (χ2n) is 9.46. The number of nitrogens with zero attached hydrogens (tertiary/aromatic N) is 6. The van der Waals surface area contributed by atoms with Crippen LogP contribution in [-0.2, 0) is 4.74 Å². The topological polar surface area (TPSA) is 88.4 Å². The molecule has 1 atom stereocenters. The smallest absolute Gasteiger partial charge is 0.296 e. The Morgan fingerprint density at radius 1 is 1.00 bits per heavy atom. The molecule has 2 saturated heterocycles. The van der Waals surface area contributed by atoms with E-state index in [1.807, 2.05) is 4.90 Å². The SMILES string of the molecule is O=C(c1ccccc1Cl)N1CC[C@H](Nc2nc(N3CCOCC3)cc(-n3c(C(F)F)nc4ccccc43)n2)C1. The number of imidazole rings is 1. The fourth-order valence-electron chi connectivity index (χ4n) is 5.04. The summed E-state index contributed by atoms with van der Waals surface area (Å²) < 4.78 is 35.1. The number of para-hydroxylation sites is 2. The number of benzene rings is 2. The van der Waals surface area contributed by atoms with Gasteiger partial charge in [0.1, 0.15) is 11.6 Å². The summed E-state index contributed by atoms with van der Waals surface area (Å²) in [6.07, 6.45) is -2.12. The summed E-state index contributed by atoms with van der Waals surface area (Å²) in [7, 11) is 0. The van der Waals surface area contributed by atoms with Crippen molar-refractivity contribution >= 4 is 40.3 Å². The number of hydrogen-bond donors (Lipinski definition) is 1. The lowest BCUT2D eigenvalue weighted by Gasteiger charge is -2.28. The predicted molar refractivity (Wildman–Crippen MR) is 144 cm³/mol. The van der Waals surface area contributed by atoms with Crippen molar-refractivity contribution in [3.8, 4) is 5.82 Å². The standard InChI is InChI=1S/C27H26ClF2N7O2/c28-19-6-2-1-5-18(19)26(38)36-10-9-17(16-36)31-27-33-22(35-11-13-39-14-12-35)15-23(34-27)37-21-8-4-3-7-20(21)32-25(37)24(29)30/h1-8,15,17,24H,9-14,16H2,(H,31,33,34)/t17-/m0/s1. The van der Waals surface area contributed by atoms with Crippen LogP contribution >= 0.6 is 11.6 Å². The Kier molecular flexibility index (Phi) is 7.01. The first-order chi connectivity index (χ1) is 19.0. The van der Waals surface area contributed by atoms with Gasteiger partial charge in [0.15, 0.2) is 5.82 Å². The van der Waals surface area contributed by atoms with Gasteiger partial charge in [0.05, 0.1) is 34.8 Å². The number of likely N-dealkylation sites (tertiary alicyclic amines) is 1. The van der Waals surface area contributed by atoms with Crippen LogP contribution in [-0.4, -0.2) is 75.8 Å². The first kappa shape index (κ1) is 25.4. The van der Waals surface area contributed by atoms with Gasteiger partial charge < -0.3 is 19.9 Å². The van der Waals surface area contributed by atoms with Crippen LogP contribution < -0.4 is 10.2 Å². The minimum Gasteiger partial charge on any atom is -0.378 e. The number of ether oxygens (including phenoxy) is 1. The molecule has 39 heavy (non-hydrogen) atoms. The Balaban J connectivity index is 1.33. The van der Waals surface area contributed by atoms with Crippen molar-refractivity contribution in [2.75, 3.05) is 49.6 Å². The van der Waals surface area contributed by atoms with Gasteiger partial charge in [-0.2, -0.15) is 9.97 Å². The first-order valence-corrected chi connectivity index (χ1v) is 13.1. The van der Waals surface area contributed by atoms with E-state index in [1.165, 1.54) is 4.57 Å². The highest BCUT2D eigenvalue weighted by molar-refractivity contribution is 6.33. The normalized spacial score (nSPS) is 17.8. The number of nitrogens with one attached hydrogen (secondary N) is 1. The van der Waals surface area contributed by atoms with E-state index in [1.54, 1.807) is 59.5 Å². The Labute approximate surface area is 228 Å². The number of hydrogen-bond acceptors (Lipinski definition) is 7. The van der Waals surface area contributed by atoms with Crippen LogP contribution in [0.3, 0.4) is 0 Å². The van der Waals surface area contributed by atoms with Crippen LogP contribution in [0.15, 0.2) is 54.6 Å². The molecule has 1 N–H and O–H groups in total. The molecule has 2 aliphatic heterocycles. The molecule has 2 aromatic heterocycles. The van der Waals surface area contributed by atoms with Crippen molar-refractivity contribution in [3.05, 3.63) is 71.0 Å². The monoisotopic (exact) mass is 553 g/mol. The van der Waals surface area contributed by atoms with Gasteiger partial charge in [-0.1, -0.05) is 35.9 Å². The molecule has 0 spiro atoms. The molecule has 1 amide bonds. The highest BCUT2D eigenvalue weighted by Crippen LogP contribution is 2.30. The van der Waals surface area contributed by atoms with Crippen molar-refractivity contribution < 1.29 is 18.3 Å². The van der Waals surface area contributed by atoms with Crippen LogP contribution in [0.2, 0.25) is 5.02 Å². The van der Waals surface area contributed by atoms with E-state index in [0.717, 1.165) is 0 Å². The van der Waals surface area contributed by atoms with Crippen LogP contribution in [0.25, 0.3) is 16.9 Å². The molecule has 0 aliphatic carbocycles. The molecule has 2 aromatic carbocycles. The van der Waals surface area contributed by atoms with Gasteiger partial charge in [0.2, 0.25) is 5.95 Å². The maximum Gasteiger partial charge on any atom is 0.296 e. The molecular formula is C27H26ClF2N7O2. The second kappa shape index (κ2) is 10.7. The van der Waals surface area contributed by atoms with Crippen LogP contribution in [0.5, 0.6) is 0 Å². The van der Waals surface area contributed by atoms with Gasteiger partial charge in [0.25, 0.3) is 12.3 Å². The van der Waals surface area contributed by atoms with Crippen LogP contribution in [0.4, 0.5) is 20.5 Å². The zero-order valence-corrected chi connectivity index (χ0v) is 21.7. The van der Waals surface area contributed by atoms with Crippen molar-refractivity contribution in [2.24, 2.45) is 0 Å². The summed E-state index contributed by atoms with van der Waals surface area (Å²) in [5.74, 6) is 0.668. The molecule has 2 fully saturated rings. The average Bonchev–Trinajstić information content (AvgIpc) is 3.58. The predicted octanol–water partition coefficient (Wildman–Crippen LogP) is 4.57. The molecule has 12 heteroatoms. The Morgan fingerprint density at radius 3 is 2.54 bits per heavy atom. The molecule has 0 unspecified atom stereocenters. The summed E-state index contributed by atoms with van der Waals surface area (Å²) in [6, 6.07) is 15.5. The van der Waals surface area contributed by atoms with Crippen LogP contribution in [0, 0.1) is 0 Å². The lowest BCUT2D eigenvalue weighted by atomic mass is 10.2. The zero-order chi connectivity index (χ0) is 26.9. The third-order valence-electron chi connectivity index (χ3n) is 6.96. The molecule has 9 nitrogen and oxygen atoms in total. The first-order valence-electron chi connectivity index (χ1n) is 12.8. The highest BCUT2D eigenvalue weighted by Gasteiger charge is 2.29. The third-order valence-corrected chi connectivity index (χ3v) is 7.29. The number of halogens is 3. The van der Waals surface area contributed by atoms with Gasteiger partial charge in [-0.15, -0.1) is 0 Å². The fraction of sp³-hybridized carbons (Fsp3) is 0.333. The third kappa shape index (κ3) is 5.11. The molecule has 0 bridgehead atoms. The summed E-state index contributed by atoms with van der Waals surface area (Å²) in [5, 5.41) is 3.75. The van der Waals surface area contributed by atoms with Crippen molar-refractivity contribution in [2.45, 2.75) is 18.9 Å². The Morgan fingerprint density at radius 2 is 1.74 bits per heavy atom. The lowest BCUT2D eigenvalue weighted by molar-refractivity contribution is 0.0791. The van der Waals surface area contributed by atoms with E-state index < -0.39 is 6.43 Å². The fourth-order valence-corrected chi connectivity index (χ4v) is 5.25. The number of carbonyl (C=O) groups excluding carboxylic acids is 1. The number of rotatable bonds is 6. The second-order valence-corrected chi connectivity index (χ2v) is 9.87. The number of amides is 1. The van der Waals surface area contributed by atoms with E-state index >= 15 is 0 Å². The van der Waals surface area contributed by atoms with Crippen molar-refractivity contribution in [3.63, 3.8) is 0 Å². The molecule has 4 heterocycles. The zero-order valence-electron chi connectivity index (χ0n) is 20.9. The van der Waals surface area contributed by atoms with Crippen molar-refractivity contribution in [1.82, 2.24) is 24.4 Å². The molecule has 2 aliphatic rings. The number of alkyl halides is 2. The van der Waals surface area contributed by atoms with Crippen LogP contribution in [0.1, 0.15) is 29.0 Å². The van der Waals surface area contributed by atoms with E-state index in [-0.39, 0.29) is 17.8 Å². The number of anilines is 2. The van der Waals surface area contributed by atoms with E-state index in [9.17, 15) is 13.6 Å². The molecule has 202 valence electrons. The molecular weight excluding hydrogens is 528 g/mol. The summed E-state index contributed by atoms with van der Waals surface area (Å²) in [4.78, 5) is 30.4. The molecule has 0 radical (unpaired) electrons. The quantitative estimate of drug-likeness (QED) is 0.374. The minimum atomic E-state index is -2.80. The minimum absolute atomic E-state index is 0.127. The number of fused-ring (bicyclic) bond motifs is 1. The van der Waals surface area contributed by atoms with Crippen molar-refractivity contribution in [1.29, 1.82) is 0 Å². The maximum atomic E-state index is 14.1. The Hall–Kier alpha value is -3.83.